The number of hydrogen-bond acceptors (Lipinski definition) is 3. The zero-order valence-electron chi connectivity index (χ0n) is 11.3. The maximum absolute atomic E-state index is 14.0. The van der Waals surface area contributed by atoms with E-state index < -0.39 is 5.82 Å². The summed E-state index contributed by atoms with van der Waals surface area (Å²) in [4.78, 5) is 1.24. The van der Waals surface area contributed by atoms with Crippen molar-refractivity contribution >= 4 is 51.9 Å². The van der Waals surface area contributed by atoms with Crippen LogP contribution in [0.4, 0.5) is 15.8 Å². The van der Waals surface area contributed by atoms with Crippen LogP contribution in [0, 0.1) is 5.82 Å². The molecule has 0 spiro atoms. The highest BCUT2D eigenvalue weighted by Gasteiger charge is 2.13. The van der Waals surface area contributed by atoms with Crippen molar-refractivity contribution in [1.82, 2.24) is 0 Å². The normalized spacial score (nSPS) is 10.4. The van der Waals surface area contributed by atoms with Crippen LogP contribution in [-0.2, 0) is 0 Å². The Morgan fingerprint density at radius 3 is 2.62 bits per heavy atom. The van der Waals surface area contributed by atoms with E-state index in [-0.39, 0.29) is 10.0 Å². The Morgan fingerprint density at radius 1 is 1.29 bits per heavy atom. The van der Waals surface area contributed by atoms with E-state index in [2.05, 4.69) is 5.32 Å². The van der Waals surface area contributed by atoms with Gasteiger partial charge in [-0.3, -0.25) is 0 Å². The highest BCUT2D eigenvalue weighted by Crippen LogP contribution is 2.32. The van der Waals surface area contributed by atoms with E-state index in [1.54, 1.807) is 23.9 Å². The maximum Gasteiger partial charge on any atom is 0.165 e. The van der Waals surface area contributed by atoms with Gasteiger partial charge in [-0.2, -0.15) is 0 Å². The lowest BCUT2D eigenvalue weighted by Crippen LogP contribution is -2.13. The molecule has 110 valence electrons. The van der Waals surface area contributed by atoms with E-state index in [0.717, 1.165) is 16.2 Å². The molecule has 3 N–H and O–H groups in total. The fourth-order valence-electron chi connectivity index (χ4n) is 1.91. The molecule has 2 nitrogen and oxygen atoms in total. The van der Waals surface area contributed by atoms with E-state index in [0.29, 0.717) is 11.4 Å². The number of nitrogens with one attached hydrogen (secondary N) is 1. The number of halogens is 2. The molecule has 6 heteroatoms. The van der Waals surface area contributed by atoms with Crippen LogP contribution in [0.1, 0.15) is 12.5 Å². The van der Waals surface area contributed by atoms with Gasteiger partial charge in [0.15, 0.2) is 5.82 Å². The molecular formula is C15H14ClFN2S2. The third-order valence-electron chi connectivity index (χ3n) is 2.79. The highest BCUT2D eigenvalue weighted by atomic mass is 35.5. The maximum atomic E-state index is 14.0. The molecular weight excluding hydrogens is 327 g/mol. The summed E-state index contributed by atoms with van der Waals surface area (Å²) in [7, 11) is 0. The first kappa shape index (κ1) is 16.1. The molecule has 0 atom stereocenters. The monoisotopic (exact) mass is 340 g/mol. The molecule has 0 aromatic heterocycles. The molecule has 0 fully saturated rings. The summed E-state index contributed by atoms with van der Waals surface area (Å²) < 4.78 is 14.0. The number of benzene rings is 2. The summed E-state index contributed by atoms with van der Waals surface area (Å²) in [6, 6.07) is 10.4. The lowest BCUT2D eigenvalue weighted by molar-refractivity contribution is 0.632. The molecule has 0 unspecified atom stereocenters. The largest absolute Gasteiger partial charge is 0.389 e. The zero-order chi connectivity index (χ0) is 15.4. The number of rotatable bonds is 5. The first-order valence-corrected chi connectivity index (χ1v) is 8.08. The minimum atomic E-state index is -0.499. The minimum Gasteiger partial charge on any atom is -0.389 e. The van der Waals surface area contributed by atoms with Gasteiger partial charge < -0.3 is 11.1 Å². The first-order chi connectivity index (χ1) is 10.0. The number of hydrogen-bond donors (Lipinski definition) is 2. The number of nitrogens with two attached hydrogens (primary N) is 1. The Labute approximate surface area is 137 Å². The molecule has 0 aliphatic heterocycles. The number of thiocarbonyl (C=S) groups is 1. The van der Waals surface area contributed by atoms with Crippen LogP contribution < -0.4 is 11.1 Å². The van der Waals surface area contributed by atoms with E-state index in [1.807, 2.05) is 25.1 Å². The van der Waals surface area contributed by atoms with Gasteiger partial charge >= 0.3 is 0 Å². The van der Waals surface area contributed by atoms with Crippen molar-refractivity contribution in [2.45, 2.75) is 11.8 Å². The molecule has 0 heterocycles. The van der Waals surface area contributed by atoms with Gasteiger partial charge in [-0.1, -0.05) is 42.9 Å². The highest BCUT2D eigenvalue weighted by molar-refractivity contribution is 7.99. The van der Waals surface area contributed by atoms with Crippen LogP contribution in [0.2, 0.25) is 5.02 Å². The van der Waals surface area contributed by atoms with Crippen molar-refractivity contribution in [3.05, 3.63) is 52.8 Å². The van der Waals surface area contributed by atoms with Crippen LogP contribution >= 0.6 is 35.6 Å². The van der Waals surface area contributed by atoms with Crippen LogP contribution in [0.25, 0.3) is 0 Å². The smallest absolute Gasteiger partial charge is 0.165 e. The number of anilines is 2. The van der Waals surface area contributed by atoms with Gasteiger partial charge in [-0.25, -0.2) is 4.39 Å². The Balaban J connectivity index is 2.46. The second-order valence-corrected chi connectivity index (χ2v) is 6.36. The molecule has 0 aliphatic rings. The van der Waals surface area contributed by atoms with Gasteiger partial charge in [-0.15, -0.1) is 11.8 Å². The topological polar surface area (TPSA) is 38.0 Å². The van der Waals surface area contributed by atoms with Crippen LogP contribution in [0.5, 0.6) is 0 Å². The van der Waals surface area contributed by atoms with E-state index in [9.17, 15) is 4.39 Å². The minimum absolute atomic E-state index is 0.0657. The fourth-order valence-corrected chi connectivity index (χ4v) is 3.22. The second-order valence-electron chi connectivity index (χ2n) is 4.20. The SMILES string of the molecule is CCSc1cccc(Nc2cccc(Cl)c2F)c1C(N)=S. The van der Waals surface area contributed by atoms with E-state index in [1.165, 1.54) is 6.07 Å². The third kappa shape index (κ3) is 3.67. The summed E-state index contributed by atoms with van der Waals surface area (Å²) in [5.74, 6) is 0.395. The van der Waals surface area contributed by atoms with Crippen molar-refractivity contribution in [2.75, 3.05) is 11.1 Å². The summed E-state index contributed by atoms with van der Waals surface area (Å²) >= 11 is 12.6. The Hall–Kier alpha value is -1.30. The fraction of sp³-hybridized carbons (Fsp3) is 0.133. The van der Waals surface area contributed by atoms with Gasteiger partial charge in [0.2, 0.25) is 0 Å². The second kappa shape index (κ2) is 7.11. The predicted octanol–water partition coefficient (Wildman–Crippen LogP) is 4.97. The van der Waals surface area contributed by atoms with Crippen LogP contribution in [0.3, 0.4) is 0 Å². The summed E-state index contributed by atoms with van der Waals surface area (Å²) in [6.07, 6.45) is 0. The van der Waals surface area contributed by atoms with Crippen molar-refractivity contribution < 1.29 is 4.39 Å². The molecule has 2 aromatic carbocycles. The molecule has 2 aromatic rings. The van der Waals surface area contributed by atoms with E-state index >= 15 is 0 Å². The Morgan fingerprint density at radius 2 is 1.95 bits per heavy atom. The standard InChI is InChI=1S/C15H14ClFN2S2/c1-2-21-12-8-4-6-10(13(12)15(18)20)19-11-7-3-5-9(16)14(11)17/h3-8,19H,2H2,1H3,(H2,18,20). The average Bonchev–Trinajstić information content (AvgIpc) is 2.44. The van der Waals surface area contributed by atoms with Gasteiger partial charge in [0.1, 0.15) is 4.99 Å². The molecule has 0 radical (unpaired) electrons. The summed E-state index contributed by atoms with van der Waals surface area (Å²) in [6.45, 7) is 2.05. The summed E-state index contributed by atoms with van der Waals surface area (Å²) in [5, 5.41) is 3.09. The van der Waals surface area contributed by atoms with Gasteiger partial charge in [0, 0.05) is 16.1 Å². The first-order valence-electron chi connectivity index (χ1n) is 6.31. The van der Waals surface area contributed by atoms with Gasteiger partial charge in [-0.05, 0) is 30.0 Å². The van der Waals surface area contributed by atoms with Crippen molar-refractivity contribution in [3.8, 4) is 0 Å². The van der Waals surface area contributed by atoms with Crippen molar-refractivity contribution in [3.63, 3.8) is 0 Å². The molecule has 0 bridgehead atoms. The third-order valence-corrected chi connectivity index (χ3v) is 4.23. The van der Waals surface area contributed by atoms with Crippen molar-refractivity contribution in [1.29, 1.82) is 0 Å². The Kier molecular flexibility index (Phi) is 5.45. The molecule has 0 saturated carbocycles. The average molecular weight is 341 g/mol. The molecule has 0 amide bonds. The predicted molar refractivity (Wildman–Crippen MR) is 93.4 cm³/mol. The van der Waals surface area contributed by atoms with Crippen molar-refractivity contribution in [2.24, 2.45) is 5.73 Å². The van der Waals surface area contributed by atoms with Crippen LogP contribution in [-0.4, -0.2) is 10.7 Å². The van der Waals surface area contributed by atoms with Crippen LogP contribution in [0.15, 0.2) is 41.3 Å². The zero-order valence-corrected chi connectivity index (χ0v) is 13.7. The summed E-state index contributed by atoms with van der Waals surface area (Å²) in [5.41, 5.74) is 7.51. The van der Waals surface area contributed by atoms with E-state index in [4.69, 9.17) is 29.6 Å². The quantitative estimate of drug-likeness (QED) is 0.595. The lowest BCUT2D eigenvalue weighted by atomic mass is 10.1. The molecule has 2 rings (SSSR count). The Bertz CT molecular complexity index is 677. The number of thioether (sulfide) groups is 1. The molecule has 0 aliphatic carbocycles. The molecule has 0 saturated heterocycles. The molecule has 21 heavy (non-hydrogen) atoms. The lowest BCUT2D eigenvalue weighted by Gasteiger charge is -2.15. The van der Waals surface area contributed by atoms with Gasteiger partial charge in [0.05, 0.1) is 10.7 Å². The van der Waals surface area contributed by atoms with Gasteiger partial charge in [0.25, 0.3) is 0 Å².